The molecule has 0 aliphatic rings. The maximum Gasteiger partial charge on any atom is 0.357 e. The van der Waals surface area contributed by atoms with E-state index in [4.69, 9.17) is 9.47 Å². The van der Waals surface area contributed by atoms with E-state index in [1.54, 1.807) is 30.3 Å². The molecule has 0 saturated heterocycles. The van der Waals surface area contributed by atoms with Crippen LogP contribution in [0.3, 0.4) is 0 Å². The molecule has 2 atom stereocenters. The average molecular weight is 792 g/mol. The largest absolute Gasteiger partial charge is 0.464 e. The second-order valence-corrected chi connectivity index (χ2v) is 15.1. The summed E-state index contributed by atoms with van der Waals surface area (Å²) in [7, 11) is 0. The zero-order chi connectivity index (χ0) is 39.6. The molecule has 0 fully saturated rings. The Balaban J connectivity index is 1.64. The number of para-hydroxylation sites is 1. The van der Waals surface area contributed by atoms with Gasteiger partial charge in [-0.05, 0) is 73.0 Å². The Labute approximate surface area is 331 Å². The van der Waals surface area contributed by atoms with Gasteiger partial charge in [0, 0.05) is 19.5 Å². The van der Waals surface area contributed by atoms with Crippen LogP contribution in [0.5, 0.6) is 5.75 Å². The summed E-state index contributed by atoms with van der Waals surface area (Å²) < 4.78 is 20.8. The molecule has 2 heterocycles. The summed E-state index contributed by atoms with van der Waals surface area (Å²) in [5.41, 5.74) is 1.58. The van der Waals surface area contributed by atoms with E-state index < -0.39 is 29.8 Å². The normalized spacial score (nSPS) is 12.4. The van der Waals surface area contributed by atoms with Crippen molar-refractivity contribution >= 4 is 84.7 Å². The van der Waals surface area contributed by atoms with E-state index in [2.05, 4.69) is 48.8 Å². The van der Waals surface area contributed by atoms with Gasteiger partial charge in [0.2, 0.25) is 11.8 Å². The molecule has 4 rings (SSSR count). The number of aryl methyl sites for hydroxylation is 1. The third kappa shape index (κ3) is 13.8. The van der Waals surface area contributed by atoms with E-state index in [9.17, 15) is 19.2 Å². The lowest BCUT2D eigenvalue weighted by atomic mass is 9.95. The predicted molar refractivity (Wildman–Crippen MR) is 220 cm³/mol. The lowest BCUT2D eigenvalue weighted by Gasteiger charge is -2.23. The molecule has 296 valence electrons. The summed E-state index contributed by atoms with van der Waals surface area (Å²) in [6.45, 7) is 8.97. The van der Waals surface area contributed by atoms with Gasteiger partial charge in [0.1, 0.15) is 0 Å². The van der Waals surface area contributed by atoms with Gasteiger partial charge in [-0.2, -0.15) is 8.75 Å². The fraction of sp³-hybridized carbons (Fsp3) is 0.500. The quantitative estimate of drug-likeness (QED) is 0.0288. The van der Waals surface area contributed by atoms with Crippen LogP contribution in [0.25, 0.3) is 10.2 Å². The van der Waals surface area contributed by atoms with Gasteiger partial charge < -0.3 is 25.4 Å². The van der Waals surface area contributed by atoms with Crippen LogP contribution in [0, 0.1) is 12.8 Å². The molecule has 3 amide bonds. The molecular formula is C40H53N7O6S2. The number of esters is 1. The van der Waals surface area contributed by atoms with Crippen LogP contribution in [0.1, 0.15) is 110 Å². The van der Waals surface area contributed by atoms with E-state index in [1.165, 1.54) is 74.7 Å². The Morgan fingerprint density at radius 2 is 1.36 bits per heavy atom. The molecule has 0 radical (unpaired) electrons. The van der Waals surface area contributed by atoms with Crippen LogP contribution in [-0.4, -0.2) is 45.1 Å². The molecule has 2 unspecified atom stereocenters. The van der Waals surface area contributed by atoms with Gasteiger partial charge in [0.05, 0.1) is 34.7 Å². The number of benzene rings is 2. The number of carbonyl (C=O) groups is 4. The molecule has 0 bridgehead atoms. The molecule has 13 nitrogen and oxygen atoms in total. The van der Waals surface area contributed by atoms with E-state index >= 15 is 0 Å². The number of aromatic nitrogens is 2. The van der Waals surface area contributed by atoms with Gasteiger partial charge in [-0.1, -0.05) is 96.3 Å². The van der Waals surface area contributed by atoms with Crippen molar-refractivity contribution in [2.24, 2.45) is 16.1 Å². The van der Waals surface area contributed by atoms with Crippen LogP contribution in [0.15, 0.2) is 52.7 Å². The first-order chi connectivity index (χ1) is 26.6. The van der Waals surface area contributed by atoms with E-state index in [0.29, 0.717) is 10.7 Å². The van der Waals surface area contributed by atoms with Crippen molar-refractivity contribution in [2.45, 2.75) is 118 Å². The molecular weight excluding hydrogens is 739 g/mol. The lowest BCUT2D eigenvalue weighted by molar-refractivity contribution is -0.156. The number of azo groups is 1. The molecule has 0 spiro atoms. The number of carbonyl (C=O) groups excluding carboxylic acids is 4. The number of hydrogen-bond acceptors (Lipinski definition) is 12. The number of anilines is 3. The summed E-state index contributed by atoms with van der Waals surface area (Å²) in [6.07, 6.45) is 11.4. The number of hydrogen-bond donors (Lipinski definition) is 3. The standard InChI is InChI=1S/C40H53N7O6S2/c1-6-8-10-12-13-16-20-29(19-15-11-9-7-2)25-52-40(51)36(37(50)43-30-21-17-14-18-22-30)53-35-32(41-27(4)48)23-31(24-33(35)42-28(5)49)44-45-38-34-26(3)46-55-39(34)47-54-38/h14,17-18,21-24,29,36H,6-13,15-16,19-20,25H2,1-5H3,(H,41,48)(H,42,49)(H,43,50). The Hall–Kier alpha value is -4.76. The summed E-state index contributed by atoms with van der Waals surface area (Å²) in [4.78, 5) is 53.5. The van der Waals surface area contributed by atoms with Gasteiger partial charge in [0.15, 0.2) is 15.6 Å². The van der Waals surface area contributed by atoms with E-state index in [0.717, 1.165) is 67.3 Å². The Kier molecular flexibility index (Phi) is 17.6. The second kappa shape index (κ2) is 22.6. The molecule has 0 aliphatic heterocycles. The van der Waals surface area contributed by atoms with E-state index in [-0.39, 0.29) is 35.3 Å². The molecule has 2 aromatic carbocycles. The van der Waals surface area contributed by atoms with Crippen molar-refractivity contribution in [3.8, 4) is 5.75 Å². The van der Waals surface area contributed by atoms with Crippen LogP contribution in [0.2, 0.25) is 0 Å². The first-order valence-electron chi connectivity index (χ1n) is 19.1. The minimum atomic E-state index is -1.80. The monoisotopic (exact) mass is 791 g/mol. The minimum absolute atomic E-state index is 0.0534. The first-order valence-corrected chi connectivity index (χ1v) is 20.7. The molecule has 0 aliphatic carbocycles. The number of nitrogens with zero attached hydrogens (tertiary/aromatic N) is 4. The number of unbranched alkanes of at least 4 members (excludes halogenated alkanes) is 8. The smallest absolute Gasteiger partial charge is 0.357 e. The van der Waals surface area contributed by atoms with Crippen molar-refractivity contribution < 1.29 is 28.7 Å². The highest BCUT2D eigenvalue weighted by molar-refractivity contribution is 7.18. The molecule has 15 heteroatoms. The summed E-state index contributed by atoms with van der Waals surface area (Å²) in [5, 5.41) is 18.2. The number of ether oxygens (including phenoxy) is 2. The highest BCUT2D eigenvalue weighted by Gasteiger charge is 2.34. The van der Waals surface area contributed by atoms with Gasteiger partial charge in [-0.3, -0.25) is 14.4 Å². The topological polar surface area (TPSA) is 173 Å². The second-order valence-electron chi connectivity index (χ2n) is 13.6. The van der Waals surface area contributed by atoms with Gasteiger partial charge in [0.25, 0.3) is 12.0 Å². The van der Waals surface area contributed by atoms with Crippen molar-refractivity contribution in [1.82, 2.24) is 8.75 Å². The molecule has 55 heavy (non-hydrogen) atoms. The fourth-order valence-electron chi connectivity index (χ4n) is 6.05. The maximum atomic E-state index is 14.0. The third-order valence-electron chi connectivity index (χ3n) is 8.85. The SMILES string of the molecule is CCCCCCCCC(CCCCCC)COC(=O)C(Oc1c(NC(C)=O)cc(N=Nc2snc3snc(C)c23)cc1NC(C)=O)C(=O)Nc1ccccc1. The highest BCUT2D eigenvalue weighted by atomic mass is 32.1. The zero-order valence-electron chi connectivity index (χ0n) is 32.4. The van der Waals surface area contributed by atoms with Gasteiger partial charge >= 0.3 is 5.97 Å². The Morgan fingerprint density at radius 3 is 1.98 bits per heavy atom. The van der Waals surface area contributed by atoms with Crippen LogP contribution < -0.4 is 20.7 Å². The van der Waals surface area contributed by atoms with Gasteiger partial charge in [-0.25, -0.2) is 4.79 Å². The molecule has 0 saturated carbocycles. The van der Waals surface area contributed by atoms with Gasteiger partial charge in [-0.15, -0.1) is 10.2 Å². The predicted octanol–water partition coefficient (Wildman–Crippen LogP) is 10.7. The van der Waals surface area contributed by atoms with Crippen molar-refractivity contribution in [3.05, 3.63) is 48.2 Å². The van der Waals surface area contributed by atoms with Crippen LogP contribution >= 0.6 is 23.1 Å². The minimum Gasteiger partial charge on any atom is -0.464 e. The zero-order valence-corrected chi connectivity index (χ0v) is 34.1. The van der Waals surface area contributed by atoms with Crippen LogP contribution in [0.4, 0.5) is 27.8 Å². The number of rotatable bonds is 23. The Bertz CT molecular complexity index is 1860. The number of amides is 3. The average Bonchev–Trinajstić information content (AvgIpc) is 3.74. The van der Waals surface area contributed by atoms with Crippen LogP contribution in [-0.2, 0) is 23.9 Å². The maximum absolute atomic E-state index is 14.0. The molecule has 3 N–H and O–H groups in total. The van der Waals surface area contributed by atoms with Crippen molar-refractivity contribution in [2.75, 3.05) is 22.6 Å². The molecule has 2 aromatic heterocycles. The lowest BCUT2D eigenvalue weighted by Crippen LogP contribution is -2.42. The Morgan fingerprint density at radius 1 is 0.764 bits per heavy atom. The van der Waals surface area contributed by atoms with Crippen molar-refractivity contribution in [3.63, 3.8) is 0 Å². The highest BCUT2D eigenvalue weighted by Crippen LogP contribution is 2.41. The van der Waals surface area contributed by atoms with E-state index in [1.807, 2.05) is 6.92 Å². The van der Waals surface area contributed by atoms with Crippen molar-refractivity contribution in [1.29, 1.82) is 0 Å². The number of nitrogens with one attached hydrogen (secondary N) is 3. The number of fused-ring (bicyclic) bond motifs is 1. The molecule has 4 aromatic rings. The summed E-state index contributed by atoms with van der Waals surface area (Å²) in [5.74, 6) is -2.61. The summed E-state index contributed by atoms with van der Waals surface area (Å²) in [6, 6.07) is 11.6. The fourth-order valence-corrected chi connectivity index (χ4v) is 7.68. The third-order valence-corrected chi connectivity index (χ3v) is 10.5. The summed E-state index contributed by atoms with van der Waals surface area (Å²) >= 11 is 2.44. The first kappa shape index (κ1) is 43.0.